The summed E-state index contributed by atoms with van der Waals surface area (Å²) in [7, 11) is 0. The zero-order chi connectivity index (χ0) is 13.9. The lowest BCUT2D eigenvalue weighted by Crippen LogP contribution is -2.11. The molecule has 0 bridgehead atoms. The Bertz CT molecular complexity index is 567. The maximum Gasteiger partial charge on any atom is 0.203 e. The average Bonchev–Trinajstić information content (AvgIpc) is 2.80. The molecule has 0 aliphatic heterocycles. The molecule has 0 aliphatic carbocycles. The number of nitrogens with zero attached hydrogens (tertiary/aromatic N) is 2. The van der Waals surface area contributed by atoms with E-state index in [0.29, 0.717) is 0 Å². The molecular formula is C14H16ClN3S. The third kappa shape index (κ3) is 4.04. The van der Waals surface area contributed by atoms with E-state index in [4.69, 9.17) is 11.6 Å². The Balaban J connectivity index is 1.99. The fourth-order valence-electron chi connectivity index (χ4n) is 1.38. The molecule has 1 aromatic heterocycles. The third-order valence-corrected chi connectivity index (χ3v) is 3.52. The smallest absolute Gasteiger partial charge is 0.203 e. The van der Waals surface area contributed by atoms with Gasteiger partial charge in [0.05, 0.1) is 11.9 Å². The summed E-state index contributed by atoms with van der Waals surface area (Å²) in [5, 5.41) is 7.75. The maximum absolute atomic E-state index is 5.82. The first-order valence-corrected chi connectivity index (χ1v) is 7.21. The quantitative estimate of drug-likeness (QED) is 0.666. The zero-order valence-electron chi connectivity index (χ0n) is 11.1. The number of halogens is 1. The van der Waals surface area contributed by atoms with Gasteiger partial charge in [-0.15, -0.1) is 11.3 Å². The number of thiazole rings is 1. The molecule has 1 N–H and O–H groups in total. The van der Waals surface area contributed by atoms with Crippen molar-refractivity contribution in [1.82, 2.24) is 4.98 Å². The molecule has 0 atom stereocenters. The van der Waals surface area contributed by atoms with Crippen LogP contribution in [0.5, 0.6) is 0 Å². The minimum atomic E-state index is 0.0658. The fraction of sp³-hybridized carbons (Fsp3) is 0.286. The molecule has 0 unspecified atom stereocenters. The lowest BCUT2D eigenvalue weighted by atomic mass is 9.93. The molecule has 2 aromatic rings. The van der Waals surface area contributed by atoms with Crippen LogP contribution in [0.2, 0.25) is 5.02 Å². The molecule has 0 spiro atoms. The normalized spacial score (nSPS) is 12.0. The van der Waals surface area contributed by atoms with Gasteiger partial charge in [0.1, 0.15) is 0 Å². The summed E-state index contributed by atoms with van der Waals surface area (Å²) < 4.78 is 0. The third-order valence-electron chi connectivity index (χ3n) is 2.52. The second kappa shape index (κ2) is 5.72. The van der Waals surface area contributed by atoms with Crippen molar-refractivity contribution in [2.75, 3.05) is 5.43 Å². The first-order chi connectivity index (χ1) is 8.95. The number of nitrogens with one attached hydrogen (secondary N) is 1. The molecule has 3 nitrogen and oxygen atoms in total. The van der Waals surface area contributed by atoms with Crippen LogP contribution in [-0.4, -0.2) is 11.2 Å². The first-order valence-electron chi connectivity index (χ1n) is 5.96. The Kier molecular flexibility index (Phi) is 4.22. The van der Waals surface area contributed by atoms with Gasteiger partial charge >= 0.3 is 0 Å². The minimum Gasteiger partial charge on any atom is -0.253 e. The Labute approximate surface area is 122 Å². The molecule has 1 heterocycles. The largest absolute Gasteiger partial charge is 0.253 e. The number of aromatic nitrogens is 1. The predicted octanol–water partition coefficient (Wildman–Crippen LogP) is 4.54. The van der Waals surface area contributed by atoms with E-state index >= 15 is 0 Å². The molecule has 0 fully saturated rings. The van der Waals surface area contributed by atoms with Crippen molar-refractivity contribution in [3.8, 4) is 0 Å². The number of hydrazone groups is 1. The van der Waals surface area contributed by atoms with Crippen LogP contribution in [0.15, 0.2) is 34.7 Å². The molecule has 19 heavy (non-hydrogen) atoms. The van der Waals surface area contributed by atoms with E-state index in [1.165, 1.54) is 0 Å². The Morgan fingerprint density at radius 2 is 1.95 bits per heavy atom. The summed E-state index contributed by atoms with van der Waals surface area (Å²) in [6.45, 7) is 6.43. The molecule has 5 heteroatoms. The summed E-state index contributed by atoms with van der Waals surface area (Å²) in [5.41, 5.74) is 5.07. The van der Waals surface area contributed by atoms with Crippen LogP contribution in [0, 0.1) is 0 Å². The highest BCUT2D eigenvalue weighted by Gasteiger charge is 2.17. The standard InChI is InChI=1S/C14H16ClN3S/c1-14(2,3)12-9-19-13(17-12)18-16-8-10-4-6-11(15)7-5-10/h4-9H,1-3H3,(H,17,18)/b16-8+. The molecular weight excluding hydrogens is 278 g/mol. The first kappa shape index (κ1) is 14.0. The molecule has 0 saturated heterocycles. The molecule has 1 aromatic carbocycles. The highest BCUT2D eigenvalue weighted by molar-refractivity contribution is 7.13. The number of rotatable bonds is 3. The van der Waals surface area contributed by atoms with Crippen LogP contribution >= 0.6 is 22.9 Å². The summed E-state index contributed by atoms with van der Waals surface area (Å²) in [4.78, 5) is 4.50. The van der Waals surface area contributed by atoms with Gasteiger partial charge in [0, 0.05) is 15.8 Å². The van der Waals surface area contributed by atoms with Gasteiger partial charge in [0.25, 0.3) is 0 Å². The van der Waals surface area contributed by atoms with Gasteiger partial charge in [-0.05, 0) is 17.7 Å². The number of hydrogen-bond acceptors (Lipinski definition) is 4. The molecule has 0 saturated carbocycles. The van der Waals surface area contributed by atoms with Gasteiger partial charge in [-0.25, -0.2) is 4.98 Å². The van der Waals surface area contributed by atoms with Crippen LogP contribution in [0.1, 0.15) is 32.0 Å². The number of benzene rings is 1. The summed E-state index contributed by atoms with van der Waals surface area (Å²) in [5.74, 6) is 0. The van der Waals surface area contributed by atoms with Crippen molar-refractivity contribution in [3.63, 3.8) is 0 Å². The van der Waals surface area contributed by atoms with E-state index in [2.05, 4.69) is 41.7 Å². The van der Waals surface area contributed by atoms with Crippen LogP contribution in [-0.2, 0) is 5.41 Å². The van der Waals surface area contributed by atoms with Crippen molar-refractivity contribution in [2.45, 2.75) is 26.2 Å². The molecule has 0 aliphatic rings. The van der Waals surface area contributed by atoms with Crippen molar-refractivity contribution in [2.24, 2.45) is 5.10 Å². The van der Waals surface area contributed by atoms with E-state index in [0.717, 1.165) is 21.4 Å². The van der Waals surface area contributed by atoms with Gasteiger partial charge in [0.2, 0.25) is 5.13 Å². The lowest BCUT2D eigenvalue weighted by molar-refractivity contribution is 0.573. The van der Waals surface area contributed by atoms with Crippen molar-refractivity contribution in [3.05, 3.63) is 45.9 Å². The predicted molar refractivity (Wildman–Crippen MR) is 83.5 cm³/mol. The number of hydrogen-bond donors (Lipinski definition) is 1. The van der Waals surface area contributed by atoms with E-state index in [-0.39, 0.29) is 5.41 Å². The van der Waals surface area contributed by atoms with Gasteiger partial charge in [-0.3, -0.25) is 5.43 Å². The monoisotopic (exact) mass is 293 g/mol. The van der Waals surface area contributed by atoms with Crippen LogP contribution in [0.4, 0.5) is 5.13 Å². The summed E-state index contributed by atoms with van der Waals surface area (Å²) in [6.07, 6.45) is 1.74. The van der Waals surface area contributed by atoms with Crippen LogP contribution in [0.3, 0.4) is 0 Å². The topological polar surface area (TPSA) is 37.3 Å². The van der Waals surface area contributed by atoms with Gasteiger partial charge in [-0.1, -0.05) is 44.5 Å². The lowest BCUT2D eigenvalue weighted by Gasteiger charge is -2.13. The van der Waals surface area contributed by atoms with Gasteiger partial charge in [0.15, 0.2) is 0 Å². The van der Waals surface area contributed by atoms with Crippen molar-refractivity contribution in [1.29, 1.82) is 0 Å². The second-order valence-electron chi connectivity index (χ2n) is 5.21. The molecule has 100 valence electrons. The number of anilines is 1. The Morgan fingerprint density at radius 1 is 1.26 bits per heavy atom. The van der Waals surface area contributed by atoms with E-state index < -0.39 is 0 Å². The molecule has 2 rings (SSSR count). The molecule has 0 radical (unpaired) electrons. The SMILES string of the molecule is CC(C)(C)c1csc(N/N=C/c2ccc(Cl)cc2)n1. The fourth-order valence-corrected chi connectivity index (χ4v) is 2.39. The maximum atomic E-state index is 5.82. The second-order valence-corrected chi connectivity index (χ2v) is 6.50. The average molecular weight is 294 g/mol. The van der Waals surface area contributed by atoms with Crippen LogP contribution < -0.4 is 5.43 Å². The van der Waals surface area contributed by atoms with Crippen molar-refractivity contribution < 1.29 is 0 Å². The summed E-state index contributed by atoms with van der Waals surface area (Å²) >= 11 is 7.38. The van der Waals surface area contributed by atoms with Gasteiger partial charge < -0.3 is 0 Å². The van der Waals surface area contributed by atoms with Crippen LogP contribution in [0.25, 0.3) is 0 Å². The Hall–Kier alpha value is -1.39. The van der Waals surface area contributed by atoms with E-state index in [1.54, 1.807) is 17.6 Å². The minimum absolute atomic E-state index is 0.0658. The van der Waals surface area contributed by atoms with E-state index in [9.17, 15) is 0 Å². The summed E-state index contributed by atoms with van der Waals surface area (Å²) in [6, 6.07) is 7.50. The van der Waals surface area contributed by atoms with Gasteiger partial charge in [-0.2, -0.15) is 5.10 Å². The highest BCUT2D eigenvalue weighted by atomic mass is 35.5. The zero-order valence-corrected chi connectivity index (χ0v) is 12.7. The molecule has 0 amide bonds. The van der Waals surface area contributed by atoms with Crippen molar-refractivity contribution >= 4 is 34.3 Å². The van der Waals surface area contributed by atoms with E-state index in [1.807, 2.05) is 24.3 Å². The highest BCUT2D eigenvalue weighted by Crippen LogP contribution is 2.26. The Morgan fingerprint density at radius 3 is 2.53 bits per heavy atom.